The summed E-state index contributed by atoms with van der Waals surface area (Å²) in [6, 6.07) is 6.51. The van der Waals surface area contributed by atoms with E-state index in [1.54, 1.807) is 12.1 Å². The summed E-state index contributed by atoms with van der Waals surface area (Å²) in [5, 5.41) is 10.8. The van der Waals surface area contributed by atoms with E-state index in [0.717, 1.165) is 31.5 Å². The van der Waals surface area contributed by atoms with E-state index in [0.29, 0.717) is 6.42 Å². The van der Waals surface area contributed by atoms with E-state index in [4.69, 9.17) is 0 Å². The summed E-state index contributed by atoms with van der Waals surface area (Å²) in [6.07, 6.45) is 4.74. The predicted molar refractivity (Wildman–Crippen MR) is 80.2 cm³/mol. The lowest BCUT2D eigenvalue weighted by Crippen LogP contribution is -2.55. The standard InChI is InChI=1S/C17H26FNO/c1-3-19(4-2)17(11-5-6-12-17)16(20)13-14-7-9-15(18)10-8-14/h7-10,16,20H,3-6,11-13H2,1-2H3. The molecule has 1 atom stereocenters. The molecule has 2 nitrogen and oxygen atoms in total. The average molecular weight is 279 g/mol. The molecule has 1 fully saturated rings. The van der Waals surface area contributed by atoms with E-state index < -0.39 is 0 Å². The van der Waals surface area contributed by atoms with Crippen LogP contribution in [-0.2, 0) is 6.42 Å². The SMILES string of the molecule is CCN(CC)C1(C(O)Cc2ccc(F)cc2)CCCC1. The van der Waals surface area contributed by atoms with Crippen LogP contribution in [0.5, 0.6) is 0 Å². The molecule has 1 aliphatic rings. The van der Waals surface area contributed by atoms with Crippen LogP contribution in [0.1, 0.15) is 45.1 Å². The van der Waals surface area contributed by atoms with Crippen molar-refractivity contribution >= 4 is 0 Å². The molecule has 1 unspecified atom stereocenters. The van der Waals surface area contributed by atoms with Crippen LogP contribution >= 0.6 is 0 Å². The van der Waals surface area contributed by atoms with E-state index in [1.165, 1.54) is 25.0 Å². The second-order valence-corrected chi connectivity index (χ2v) is 5.83. The molecule has 0 aliphatic heterocycles. The fourth-order valence-electron chi connectivity index (χ4n) is 3.73. The molecule has 0 bridgehead atoms. The fraction of sp³-hybridized carbons (Fsp3) is 0.647. The van der Waals surface area contributed by atoms with Gasteiger partial charge in [0.15, 0.2) is 0 Å². The first kappa shape index (κ1) is 15.5. The van der Waals surface area contributed by atoms with Crippen LogP contribution in [0.2, 0.25) is 0 Å². The van der Waals surface area contributed by atoms with Gasteiger partial charge in [-0.2, -0.15) is 0 Å². The van der Waals surface area contributed by atoms with E-state index in [9.17, 15) is 9.50 Å². The molecule has 20 heavy (non-hydrogen) atoms. The number of aliphatic hydroxyl groups is 1. The third-order valence-electron chi connectivity index (χ3n) is 4.83. The van der Waals surface area contributed by atoms with Gasteiger partial charge in [0, 0.05) is 12.0 Å². The minimum absolute atomic E-state index is 0.0854. The minimum Gasteiger partial charge on any atom is -0.391 e. The molecule has 0 amide bonds. The van der Waals surface area contributed by atoms with Gasteiger partial charge in [0.05, 0.1) is 6.10 Å². The van der Waals surface area contributed by atoms with Crippen molar-refractivity contribution in [1.29, 1.82) is 0 Å². The van der Waals surface area contributed by atoms with Crippen LogP contribution in [0.3, 0.4) is 0 Å². The zero-order valence-electron chi connectivity index (χ0n) is 12.6. The lowest BCUT2D eigenvalue weighted by atomic mass is 9.84. The van der Waals surface area contributed by atoms with Crippen LogP contribution < -0.4 is 0 Å². The average Bonchev–Trinajstić information content (AvgIpc) is 2.93. The van der Waals surface area contributed by atoms with E-state index >= 15 is 0 Å². The summed E-state index contributed by atoms with van der Waals surface area (Å²) < 4.78 is 13.0. The Labute approximate surface area is 121 Å². The summed E-state index contributed by atoms with van der Waals surface area (Å²) >= 11 is 0. The van der Waals surface area contributed by atoms with Gasteiger partial charge < -0.3 is 5.11 Å². The summed E-state index contributed by atoms with van der Waals surface area (Å²) in [5.41, 5.74) is 0.926. The zero-order valence-corrected chi connectivity index (χ0v) is 12.6. The molecule has 2 rings (SSSR count). The Balaban J connectivity index is 2.14. The highest BCUT2D eigenvalue weighted by molar-refractivity contribution is 5.18. The third kappa shape index (κ3) is 3.04. The van der Waals surface area contributed by atoms with Crippen LogP contribution in [-0.4, -0.2) is 34.7 Å². The minimum atomic E-state index is -0.379. The van der Waals surface area contributed by atoms with Crippen LogP contribution in [0.4, 0.5) is 4.39 Å². The molecule has 1 saturated carbocycles. The van der Waals surface area contributed by atoms with Gasteiger partial charge >= 0.3 is 0 Å². The van der Waals surface area contributed by atoms with Gasteiger partial charge in [0.25, 0.3) is 0 Å². The highest BCUT2D eigenvalue weighted by Gasteiger charge is 2.44. The number of rotatable bonds is 6. The largest absolute Gasteiger partial charge is 0.391 e. The second kappa shape index (κ2) is 6.68. The van der Waals surface area contributed by atoms with Crippen molar-refractivity contribution in [3.05, 3.63) is 35.6 Å². The molecule has 3 heteroatoms. The van der Waals surface area contributed by atoms with Gasteiger partial charge in [-0.25, -0.2) is 4.39 Å². The predicted octanol–water partition coefficient (Wildman–Crippen LogP) is 3.38. The molecular weight excluding hydrogens is 253 g/mol. The molecule has 0 spiro atoms. The molecule has 112 valence electrons. The van der Waals surface area contributed by atoms with Crippen molar-refractivity contribution < 1.29 is 9.50 Å². The summed E-state index contributed by atoms with van der Waals surface area (Å²) in [6.45, 7) is 6.26. The lowest BCUT2D eigenvalue weighted by molar-refractivity contribution is -0.0244. The highest BCUT2D eigenvalue weighted by Crippen LogP contribution is 2.39. The van der Waals surface area contributed by atoms with Crippen LogP contribution in [0.25, 0.3) is 0 Å². The number of hydrogen-bond donors (Lipinski definition) is 1. The van der Waals surface area contributed by atoms with Gasteiger partial charge in [0.2, 0.25) is 0 Å². The first-order valence-electron chi connectivity index (χ1n) is 7.80. The number of aliphatic hydroxyl groups excluding tert-OH is 1. The van der Waals surface area contributed by atoms with Gasteiger partial charge in [-0.05, 0) is 43.6 Å². The van der Waals surface area contributed by atoms with E-state index in [1.807, 2.05) is 0 Å². The van der Waals surface area contributed by atoms with Gasteiger partial charge in [-0.15, -0.1) is 0 Å². The number of likely N-dealkylation sites (N-methyl/N-ethyl adjacent to an activating group) is 1. The molecule has 1 aromatic rings. The van der Waals surface area contributed by atoms with Gasteiger partial charge in [-0.1, -0.05) is 38.8 Å². The van der Waals surface area contributed by atoms with Crippen molar-refractivity contribution in [2.24, 2.45) is 0 Å². The summed E-state index contributed by atoms with van der Waals surface area (Å²) in [5.74, 6) is -0.220. The number of nitrogens with zero attached hydrogens (tertiary/aromatic N) is 1. The normalized spacial score (nSPS) is 19.4. The molecule has 1 N–H and O–H groups in total. The van der Waals surface area contributed by atoms with Crippen molar-refractivity contribution in [2.45, 2.75) is 57.6 Å². The maximum absolute atomic E-state index is 13.0. The van der Waals surface area contributed by atoms with Crippen molar-refractivity contribution in [3.63, 3.8) is 0 Å². The Kier molecular flexibility index (Phi) is 5.17. The highest BCUT2D eigenvalue weighted by atomic mass is 19.1. The van der Waals surface area contributed by atoms with Crippen molar-refractivity contribution in [1.82, 2.24) is 4.90 Å². The Morgan fingerprint density at radius 2 is 1.70 bits per heavy atom. The zero-order chi connectivity index (χ0) is 14.6. The third-order valence-corrected chi connectivity index (χ3v) is 4.83. The van der Waals surface area contributed by atoms with Crippen molar-refractivity contribution in [3.8, 4) is 0 Å². The van der Waals surface area contributed by atoms with Gasteiger partial charge in [0.1, 0.15) is 5.82 Å². The lowest BCUT2D eigenvalue weighted by Gasteiger charge is -2.44. The molecule has 1 aliphatic carbocycles. The molecule has 1 aromatic carbocycles. The Bertz CT molecular complexity index is 408. The molecular formula is C17H26FNO. The van der Waals surface area contributed by atoms with Crippen LogP contribution in [0, 0.1) is 5.82 Å². The Hall–Kier alpha value is -0.930. The first-order chi connectivity index (χ1) is 9.62. The molecule has 0 saturated heterocycles. The van der Waals surface area contributed by atoms with E-state index in [-0.39, 0.29) is 17.5 Å². The number of benzene rings is 1. The fourth-order valence-corrected chi connectivity index (χ4v) is 3.73. The maximum atomic E-state index is 13.0. The molecule has 0 radical (unpaired) electrons. The molecule has 0 aromatic heterocycles. The monoisotopic (exact) mass is 279 g/mol. The molecule has 0 heterocycles. The Morgan fingerprint density at radius 1 is 1.15 bits per heavy atom. The smallest absolute Gasteiger partial charge is 0.123 e. The first-order valence-corrected chi connectivity index (χ1v) is 7.80. The summed E-state index contributed by atoms with van der Waals surface area (Å²) in [7, 11) is 0. The summed E-state index contributed by atoms with van der Waals surface area (Å²) in [4.78, 5) is 2.41. The van der Waals surface area contributed by atoms with Crippen molar-refractivity contribution in [2.75, 3.05) is 13.1 Å². The Morgan fingerprint density at radius 3 is 2.20 bits per heavy atom. The maximum Gasteiger partial charge on any atom is 0.123 e. The quantitative estimate of drug-likeness (QED) is 0.863. The van der Waals surface area contributed by atoms with E-state index in [2.05, 4.69) is 18.7 Å². The number of halogens is 1. The van der Waals surface area contributed by atoms with Crippen LogP contribution in [0.15, 0.2) is 24.3 Å². The van der Waals surface area contributed by atoms with Gasteiger partial charge in [-0.3, -0.25) is 4.90 Å². The second-order valence-electron chi connectivity index (χ2n) is 5.83. The topological polar surface area (TPSA) is 23.5 Å². The number of hydrogen-bond acceptors (Lipinski definition) is 2.